The Labute approximate surface area is 185 Å². The number of nitrogens with zero attached hydrogens (tertiary/aromatic N) is 4. The zero-order chi connectivity index (χ0) is 19.1. The molecule has 2 aromatic rings. The molecule has 0 spiro atoms. The molecule has 0 amide bonds. The number of aliphatic imine (C=N–C) groups is 1. The van der Waals surface area contributed by atoms with E-state index in [2.05, 4.69) is 58.1 Å². The van der Waals surface area contributed by atoms with Gasteiger partial charge in [-0.15, -0.1) is 24.0 Å². The molecule has 1 fully saturated rings. The fourth-order valence-electron chi connectivity index (χ4n) is 3.30. The highest BCUT2D eigenvalue weighted by atomic mass is 127. The van der Waals surface area contributed by atoms with Gasteiger partial charge in [-0.05, 0) is 31.9 Å². The number of hydrogen-bond acceptors (Lipinski definition) is 3. The van der Waals surface area contributed by atoms with Crippen LogP contribution in [-0.2, 0) is 6.54 Å². The van der Waals surface area contributed by atoms with Crippen LogP contribution in [0.1, 0.15) is 32.5 Å². The Hall–Kier alpha value is -1.61. The molecule has 3 rings (SSSR count). The highest BCUT2D eigenvalue weighted by Crippen LogP contribution is 2.26. The van der Waals surface area contributed by atoms with E-state index in [9.17, 15) is 0 Å². The first-order valence-electron chi connectivity index (χ1n) is 10.0. The van der Waals surface area contributed by atoms with Crippen LogP contribution in [0.4, 0.5) is 0 Å². The number of aromatic amines is 1. The Morgan fingerprint density at radius 1 is 1.25 bits per heavy atom. The second-order valence-corrected chi connectivity index (χ2v) is 7.06. The molecule has 6 nitrogen and oxygen atoms in total. The molecule has 1 aliphatic carbocycles. The number of hydrogen-bond donors (Lipinski definition) is 2. The van der Waals surface area contributed by atoms with Crippen molar-refractivity contribution >= 4 is 29.9 Å². The SMILES string of the molecule is CCNC(=NCCN(CC)C1CC1)N(C)Cc1ncc(-c2ccccc2)[nH]1.I. The molecular formula is C21H33IN6. The minimum absolute atomic E-state index is 0. The van der Waals surface area contributed by atoms with Gasteiger partial charge in [-0.3, -0.25) is 9.89 Å². The van der Waals surface area contributed by atoms with Crippen molar-refractivity contribution in [2.45, 2.75) is 39.3 Å². The minimum atomic E-state index is 0. The van der Waals surface area contributed by atoms with Gasteiger partial charge in [-0.2, -0.15) is 0 Å². The lowest BCUT2D eigenvalue weighted by Crippen LogP contribution is -2.39. The summed E-state index contributed by atoms with van der Waals surface area (Å²) in [6, 6.07) is 11.1. The molecule has 7 heteroatoms. The van der Waals surface area contributed by atoms with Crippen molar-refractivity contribution in [2.24, 2.45) is 4.99 Å². The first-order chi connectivity index (χ1) is 13.2. The first-order valence-corrected chi connectivity index (χ1v) is 10.0. The number of imidazole rings is 1. The molecule has 0 radical (unpaired) electrons. The normalized spacial score (nSPS) is 14.1. The summed E-state index contributed by atoms with van der Waals surface area (Å²) in [4.78, 5) is 17.4. The van der Waals surface area contributed by atoms with Crippen molar-refractivity contribution in [3.8, 4) is 11.3 Å². The smallest absolute Gasteiger partial charge is 0.194 e. The number of likely N-dealkylation sites (N-methyl/N-ethyl adjacent to an activating group) is 1. The van der Waals surface area contributed by atoms with Gasteiger partial charge in [0, 0.05) is 26.2 Å². The van der Waals surface area contributed by atoms with E-state index in [0.717, 1.165) is 55.3 Å². The third-order valence-electron chi connectivity index (χ3n) is 4.91. The minimum Gasteiger partial charge on any atom is -0.357 e. The van der Waals surface area contributed by atoms with Crippen LogP contribution in [0, 0.1) is 0 Å². The largest absolute Gasteiger partial charge is 0.357 e. The van der Waals surface area contributed by atoms with Gasteiger partial charge in [-0.1, -0.05) is 37.3 Å². The fourth-order valence-corrected chi connectivity index (χ4v) is 3.30. The highest BCUT2D eigenvalue weighted by molar-refractivity contribution is 14.0. The van der Waals surface area contributed by atoms with Gasteiger partial charge in [0.25, 0.3) is 0 Å². The number of benzene rings is 1. The van der Waals surface area contributed by atoms with Gasteiger partial charge >= 0.3 is 0 Å². The van der Waals surface area contributed by atoms with Crippen LogP contribution < -0.4 is 5.32 Å². The van der Waals surface area contributed by atoms with Crippen molar-refractivity contribution in [1.82, 2.24) is 25.1 Å². The van der Waals surface area contributed by atoms with Gasteiger partial charge in [0.05, 0.1) is 25.0 Å². The number of guanidine groups is 1. The van der Waals surface area contributed by atoms with Crippen molar-refractivity contribution < 1.29 is 0 Å². The zero-order valence-corrected chi connectivity index (χ0v) is 19.5. The van der Waals surface area contributed by atoms with Gasteiger partial charge in [0.15, 0.2) is 5.96 Å². The molecule has 1 aliphatic rings. The Balaban J connectivity index is 0.00000280. The summed E-state index contributed by atoms with van der Waals surface area (Å²) in [5, 5.41) is 3.39. The molecule has 2 N–H and O–H groups in total. The standard InChI is InChI=1S/C21H32N6.HI/c1-4-22-21(23-13-14-27(5-2)18-11-12-18)26(3)16-20-24-15-19(25-20)17-9-7-6-8-10-17;/h6-10,15,18H,4-5,11-14,16H2,1-3H3,(H,22,23)(H,24,25);1H. The van der Waals surface area contributed by atoms with Crippen LogP contribution in [0.3, 0.4) is 0 Å². The third kappa shape index (κ3) is 6.48. The van der Waals surface area contributed by atoms with Crippen molar-refractivity contribution in [3.63, 3.8) is 0 Å². The summed E-state index contributed by atoms with van der Waals surface area (Å²) in [6.45, 7) is 8.86. The maximum Gasteiger partial charge on any atom is 0.194 e. The Morgan fingerprint density at radius 3 is 2.64 bits per heavy atom. The topological polar surface area (TPSA) is 59.6 Å². The van der Waals surface area contributed by atoms with Crippen LogP contribution in [0.15, 0.2) is 41.5 Å². The molecule has 28 heavy (non-hydrogen) atoms. The molecule has 1 aromatic heterocycles. The number of rotatable bonds is 9. The van der Waals surface area contributed by atoms with Crippen LogP contribution >= 0.6 is 24.0 Å². The Bertz CT molecular complexity index is 726. The fraction of sp³-hybridized carbons (Fsp3) is 0.524. The number of H-pyrrole nitrogens is 1. The van der Waals surface area contributed by atoms with Gasteiger partial charge in [0.2, 0.25) is 0 Å². The predicted octanol–water partition coefficient (Wildman–Crippen LogP) is 3.58. The van der Waals surface area contributed by atoms with Crippen molar-refractivity contribution in [1.29, 1.82) is 0 Å². The lowest BCUT2D eigenvalue weighted by Gasteiger charge is -2.22. The summed E-state index contributed by atoms with van der Waals surface area (Å²) < 4.78 is 0. The van der Waals surface area contributed by atoms with E-state index in [1.807, 2.05) is 24.4 Å². The van der Waals surface area contributed by atoms with Crippen molar-refractivity contribution in [3.05, 3.63) is 42.4 Å². The van der Waals surface area contributed by atoms with E-state index in [0.29, 0.717) is 6.54 Å². The van der Waals surface area contributed by atoms with Gasteiger partial charge < -0.3 is 15.2 Å². The van der Waals surface area contributed by atoms with Gasteiger partial charge in [0.1, 0.15) is 5.82 Å². The van der Waals surface area contributed by atoms with E-state index < -0.39 is 0 Å². The predicted molar refractivity (Wildman–Crippen MR) is 127 cm³/mol. The summed E-state index contributed by atoms with van der Waals surface area (Å²) in [7, 11) is 2.06. The zero-order valence-electron chi connectivity index (χ0n) is 17.2. The average Bonchev–Trinajstić information content (AvgIpc) is 3.43. The van der Waals surface area contributed by atoms with E-state index >= 15 is 0 Å². The maximum atomic E-state index is 4.82. The van der Waals surface area contributed by atoms with Crippen LogP contribution in [-0.4, -0.2) is 65.0 Å². The molecule has 1 aromatic carbocycles. The van der Waals surface area contributed by atoms with Gasteiger partial charge in [-0.25, -0.2) is 4.98 Å². The van der Waals surface area contributed by atoms with E-state index in [1.165, 1.54) is 12.8 Å². The maximum absolute atomic E-state index is 4.82. The summed E-state index contributed by atoms with van der Waals surface area (Å²) in [6.07, 6.45) is 4.59. The Kier molecular flexibility index (Phi) is 9.24. The summed E-state index contributed by atoms with van der Waals surface area (Å²) >= 11 is 0. The van der Waals surface area contributed by atoms with Crippen LogP contribution in [0.5, 0.6) is 0 Å². The quantitative estimate of drug-likeness (QED) is 0.317. The van der Waals surface area contributed by atoms with E-state index in [1.54, 1.807) is 0 Å². The second kappa shape index (κ2) is 11.4. The molecule has 1 heterocycles. The molecule has 0 atom stereocenters. The number of nitrogens with one attached hydrogen (secondary N) is 2. The number of halogens is 1. The second-order valence-electron chi connectivity index (χ2n) is 7.06. The molecule has 0 saturated heterocycles. The first kappa shape index (κ1) is 22.7. The van der Waals surface area contributed by atoms with Crippen LogP contribution in [0.2, 0.25) is 0 Å². The van der Waals surface area contributed by atoms with Crippen molar-refractivity contribution in [2.75, 3.05) is 33.2 Å². The summed E-state index contributed by atoms with van der Waals surface area (Å²) in [5.41, 5.74) is 2.20. The van der Waals surface area contributed by atoms with E-state index in [4.69, 9.17) is 4.99 Å². The molecule has 0 bridgehead atoms. The number of aromatic nitrogens is 2. The highest BCUT2D eigenvalue weighted by Gasteiger charge is 2.27. The third-order valence-corrected chi connectivity index (χ3v) is 4.91. The molecule has 1 saturated carbocycles. The summed E-state index contributed by atoms with van der Waals surface area (Å²) in [5.74, 6) is 1.87. The molecule has 0 aliphatic heterocycles. The molecule has 154 valence electrons. The van der Waals surface area contributed by atoms with E-state index in [-0.39, 0.29) is 24.0 Å². The average molecular weight is 496 g/mol. The van der Waals surface area contributed by atoms with Crippen LogP contribution in [0.25, 0.3) is 11.3 Å². The lowest BCUT2D eigenvalue weighted by atomic mass is 10.2. The molecule has 0 unspecified atom stereocenters. The lowest BCUT2D eigenvalue weighted by molar-refractivity contribution is 0.285. The Morgan fingerprint density at radius 2 is 2.00 bits per heavy atom. The molecular weight excluding hydrogens is 463 g/mol. The monoisotopic (exact) mass is 496 g/mol.